The van der Waals surface area contributed by atoms with Gasteiger partial charge in [-0.2, -0.15) is 12.7 Å². The molecule has 1 heterocycles. The third-order valence-corrected chi connectivity index (χ3v) is 8.18. The summed E-state index contributed by atoms with van der Waals surface area (Å²) in [6.07, 6.45) is 7.52. The number of carbonyl (C=O) groups is 1. The van der Waals surface area contributed by atoms with Crippen molar-refractivity contribution in [2.75, 3.05) is 13.7 Å². The average Bonchev–Trinajstić information content (AvgIpc) is 2.84. The van der Waals surface area contributed by atoms with Crippen molar-refractivity contribution >= 4 is 16.3 Å². The molecule has 1 fully saturated rings. The number of hydrogen-bond donors (Lipinski definition) is 1. The van der Waals surface area contributed by atoms with Crippen molar-refractivity contribution in [3.63, 3.8) is 0 Å². The fourth-order valence-electron chi connectivity index (χ4n) is 4.99. The molecule has 0 spiro atoms. The van der Waals surface area contributed by atoms with E-state index in [1.807, 2.05) is 24.3 Å². The topological polar surface area (TPSA) is 83.9 Å². The van der Waals surface area contributed by atoms with Crippen LogP contribution in [0.5, 0.6) is 0 Å². The summed E-state index contributed by atoms with van der Waals surface area (Å²) in [6.45, 7) is 0.165. The van der Waals surface area contributed by atoms with E-state index in [1.54, 1.807) is 0 Å². The van der Waals surface area contributed by atoms with Crippen LogP contribution in [0.15, 0.2) is 60.7 Å². The lowest BCUT2D eigenvalue weighted by Gasteiger charge is -2.39. The highest BCUT2D eigenvalue weighted by Gasteiger charge is 2.42. The largest absolute Gasteiger partial charge is 0.480 e. The quantitative estimate of drug-likeness (QED) is 0.438. The van der Waals surface area contributed by atoms with Crippen LogP contribution in [0, 0.1) is 5.92 Å². The van der Waals surface area contributed by atoms with Crippen LogP contribution >= 0.6 is 0 Å². The molecule has 6 nitrogen and oxygen atoms in total. The predicted octanol–water partition coefficient (Wildman–Crippen LogP) is 5.02. The summed E-state index contributed by atoms with van der Waals surface area (Å²) < 4.78 is 30.1. The number of hydrogen-bond acceptors (Lipinski definition) is 4. The van der Waals surface area contributed by atoms with E-state index in [0.29, 0.717) is 12.8 Å². The van der Waals surface area contributed by atoms with Gasteiger partial charge < -0.3 is 5.11 Å². The van der Waals surface area contributed by atoms with E-state index in [0.717, 1.165) is 43.5 Å². The Morgan fingerprint density at radius 1 is 1.03 bits per heavy atom. The molecule has 2 aromatic carbocycles. The minimum Gasteiger partial charge on any atom is -0.480 e. The molecule has 0 radical (unpaired) electrons. The molecular formula is C26H35NO5S. The average molecular weight is 474 g/mol. The Bertz CT molecular complexity index is 965. The van der Waals surface area contributed by atoms with Crippen LogP contribution < -0.4 is 0 Å². The Balaban J connectivity index is 1.60. The monoisotopic (exact) mass is 473 g/mol. The van der Waals surface area contributed by atoms with Gasteiger partial charge in [0.25, 0.3) is 0 Å². The zero-order chi connectivity index (χ0) is 23.7. The maximum Gasteiger partial charge on any atom is 0.338 e. The molecule has 1 saturated heterocycles. The van der Waals surface area contributed by atoms with Gasteiger partial charge >= 0.3 is 16.3 Å². The number of nitrogens with zero attached hydrogens (tertiary/aromatic N) is 1. The fraction of sp³-hybridized carbons (Fsp3) is 0.500. The highest BCUT2D eigenvalue weighted by molar-refractivity contribution is 7.84. The Kier molecular flexibility index (Phi) is 9.47. The van der Waals surface area contributed by atoms with Crippen LogP contribution in [0.2, 0.25) is 0 Å². The first-order chi connectivity index (χ1) is 15.9. The van der Waals surface area contributed by atoms with E-state index in [9.17, 15) is 18.3 Å². The minimum absolute atomic E-state index is 0.112. The highest BCUT2D eigenvalue weighted by atomic mass is 32.2. The Morgan fingerprint density at radius 3 is 2.30 bits per heavy atom. The van der Waals surface area contributed by atoms with Crippen LogP contribution in [0.1, 0.15) is 62.0 Å². The first-order valence-electron chi connectivity index (χ1n) is 11.8. The lowest BCUT2D eigenvalue weighted by molar-refractivity contribution is -0.143. The van der Waals surface area contributed by atoms with Crippen LogP contribution in [0.3, 0.4) is 0 Å². The molecule has 0 aliphatic carbocycles. The van der Waals surface area contributed by atoms with Gasteiger partial charge in [-0.05, 0) is 55.1 Å². The Morgan fingerprint density at radius 2 is 1.67 bits per heavy atom. The van der Waals surface area contributed by atoms with E-state index in [-0.39, 0.29) is 18.4 Å². The molecule has 180 valence electrons. The van der Waals surface area contributed by atoms with Crippen molar-refractivity contribution in [3.05, 3.63) is 71.8 Å². The summed E-state index contributed by atoms with van der Waals surface area (Å²) in [5.41, 5.74) is 2.58. The zero-order valence-corrected chi connectivity index (χ0v) is 20.1. The number of carboxylic acid groups (broad SMARTS) is 1. The zero-order valence-electron chi connectivity index (χ0n) is 19.3. The van der Waals surface area contributed by atoms with Crippen LogP contribution in [-0.2, 0) is 25.7 Å². The normalized spacial score (nSPS) is 20.4. The summed E-state index contributed by atoms with van der Waals surface area (Å²) in [6, 6.07) is 19.7. The smallest absolute Gasteiger partial charge is 0.338 e. The number of benzene rings is 2. The molecule has 3 unspecified atom stereocenters. The highest BCUT2D eigenvalue weighted by Crippen LogP contribution is 2.39. The van der Waals surface area contributed by atoms with Crippen molar-refractivity contribution in [1.82, 2.24) is 4.31 Å². The van der Waals surface area contributed by atoms with Gasteiger partial charge in [0.15, 0.2) is 0 Å². The van der Waals surface area contributed by atoms with Gasteiger partial charge in [0.2, 0.25) is 0 Å². The van der Waals surface area contributed by atoms with Gasteiger partial charge in [0.1, 0.15) is 6.04 Å². The van der Waals surface area contributed by atoms with Crippen molar-refractivity contribution in [3.8, 4) is 0 Å². The lowest BCUT2D eigenvalue weighted by atomic mass is 9.76. The second kappa shape index (κ2) is 12.3. The number of carboxylic acids is 1. The van der Waals surface area contributed by atoms with Gasteiger partial charge in [0.05, 0.1) is 7.11 Å². The van der Waals surface area contributed by atoms with Gasteiger partial charge in [-0.25, -0.2) is 0 Å². The van der Waals surface area contributed by atoms with E-state index in [2.05, 4.69) is 40.6 Å². The molecule has 33 heavy (non-hydrogen) atoms. The van der Waals surface area contributed by atoms with Crippen LogP contribution in [0.25, 0.3) is 0 Å². The summed E-state index contributed by atoms with van der Waals surface area (Å²) >= 11 is 0. The Labute approximate surface area is 197 Å². The molecule has 7 heteroatoms. The second-order valence-electron chi connectivity index (χ2n) is 8.83. The summed E-state index contributed by atoms with van der Waals surface area (Å²) in [7, 11) is -2.95. The summed E-state index contributed by atoms with van der Waals surface area (Å²) in [5, 5.41) is 9.74. The number of unbranched alkanes of at least 4 members (excludes halogenated alkanes) is 3. The SMILES string of the molecule is COS(=O)(=O)N1CCC(C(CCCCCCc2ccccc2)c2ccccc2)CC1C(=O)O. The first-order valence-corrected chi connectivity index (χ1v) is 13.2. The Hall–Kier alpha value is -2.22. The van der Waals surface area contributed by atoms with Crippen molar-refractivity contribution in [2.45, 2.75) is 63.3 Å². The number of aliphatic carboxylic acids is 1. The molecule has 1 N–H and O–H groups in total. The molecule has 0 amide bonds. The third kappa shape index (κ3) is 7.13. The number of aryl methyl sites for hydroxylation is 1. The second-order valence-corrected chi connectivity index (χ2v) is 10.5. The van der Waals surface area contributed by atoms with E-state index in [1.165, 1.54) is 17.5 Å². The molecule has 3 rings (SSSR count). The van der Waals surface area contributed by atoms with E-state index < -0.39 is 22.3 Å². The van der Waals surface area contributed by atoms with Gasteiger partial charge in [0, 0.05) is 6.54 Å². The molecule has 0 bridgehead atoms. The van der Waals surface area contributed by atoms with Crippen LogP contribution in [-0.4, -0.2) is 43.5 Å². The molecule has 1 aliphatic rings. The molecule has 0 aromatic heterocycles. The maximum atomic E-state index is 12.2. The lowest BCUT2D eigenvalue weighted by Crippen LogP contribution is -2.51. The molecule has 1 aliphatic heterocycles. The number of rotatable bonds is 12. The number of piperidine rings is 1. The van der Waals surface area contributed by atoms with Gasteiger partial charge in [-0.3, -0.25) is 8.98 Å². The molecular weight excluding hydrogens is 438 g/mol. The van der Waals surface area contributed by atoms with E-state index in [4.69, 9.17) is 0 Å². The minimum atomic E-state index is -4.03. The third-order valence-electron chi connectivity index (χ3n) is 6.75. The first kappa shape index (κ1) is 25.4. The molecule has 0 saturated carbocycles. The standard InChI is InChI=1S/C26H35NO5S/c1-32-33(30,31)27-19-18-23(20-25(27)26(28)29)24(22-15-9-5-10-16-22)17-11-3-2-6-12-21-13-7-4-8-14-21/h4-5,7-10,13-16,23-25H,2-3,6,11-12,17-20H2,1H3,(H,28,29). The van der Waals surface area contributed by atoms with Crippen LogP contribution in [0.4, 0.5) is 0 Å². The predicted molar refractivity (Wildman–Crippen MR) is 129 cm³/mol. The van der Waals surface area contributed by atoms with Gasteiger partial charge in [-0.15, -0.1) is 0 Å². The maximum absolute atomic E-state index is 12.2. The molecule has 3 atom stereocenters. The summed E-state index contributed by atoms with van der Waals surface area (Å²) in [4.78, 5) is 11.9. The van der Waals surface area contributed by atoms with Gasteiger partial charge in [-0.1, -0.05) is 79.9 Å². The summed E-state index contributed by atoms with van der Waals surface area (Å²) in [5.74, 6) is -0.788. The van der Waals surface area contributed by atoms with E-state index >= 15 is 0 Å². The van der Waals surface area contributed by atoms with Crippen molar-refractivity contribution in [2.24, 2.45) is 5.92 Å². The van der Waals surface area contributed by atoms with Crippen molar-refractivity contribution in [1.29, 1.82) is 0 Å². The fourth-order valence-corrected chi connectivity index (χ4v) is 6.00. The molecule has 2 aromatic rings. The van der Waals surface area contributed by atoms with Crippen molar-refractivity contribution < 1.29 is 22.5 Å².